The van der Waals surface area contributed by atoms with Crippen LogP contribution < -0.4 is 5.32 Å². The zero-order chi connectivity index (χ0) is 12.6. The van der Waals surface area contributed by atoms with Crippen molar-refractivity contribution in [1.82, 2.24) is 0 Å². The molecule has 0 radical (unpaired) electrons. The Morgan fingerprint density at radius 1 is 1.28 bits per heavy atom. The molecule has 1 heterocycles. The third-order valence-corrected chi connectivity index (χ3v) is 4.97. The predicted octanol–water partition coefficient (Wildman–Crippen LogP) is 2.27. The second-order valence-corrected chi connectivity index (χ2v) is 6.25. The van der Waals surface area contributed by atoms with Gasteiger partial charge in [-0.1, -0.05) is 36.6 Å². The summed E-state index contributed by atoms with van der Waals surface area (Å²) in [7, 11) is 0. The summed E-state index contributed by atoms with van der Waals surface area (Å²) in [4.78, 5) is 0. The van der Waals surface area contributed by atoms with Gasteiger partial charge in [-0.2, -0.15) is 0 Å². The van der Waals surface area contributed by atoms with Crippen LogP contribution in [0.3, 0.4) is 0 Å². The minimum Gasteiger partial charge on any atom is -0.389 e. The number of piperidine rings is 1. The summed E-state index contributed by atoms with van der Waals surface area (Å²) in [6.45, 7) is 1.02. The highest BCUT2D eigenvalue weighted by atomic mass is 35.5. The molecule has 0 spiro atoms. The molecular formula is C15H21ClNO+. The second kappa shape index (κ2) is 4.84. The molecule has 1 aromatic rings. The zero-order valence-electron chi connectivity index (χ0n) is 10.6. The zero-order valence-corrected chi connectivity index (χ0v) is 11.4. The van der Waals surface area contributed by atoms with E-state index in [1.165, 1.54) is 18.4 Å². The molecular weight excluding hydrogens is 246 g/mol. The minimum atomic E-state index is -0.431. The van der Waals surface area contributed by atoms with E-state index in [4.69, 9.17) is 11.6 Å². The van der Waals surface area contributed by atoms with Crippen LogP contribution >= 0.6 is 11.6 Å². The van der Waals surface area contributed by atoms with Gasteiger partial charge in [-0.25, -0.2) is 0 Å². The predicted molar refractivity (Wildman–Crippen MR) is 72.5 cm³/mol. The average Bonchev–Trinajstić information content (AvgIpc) is 2.37. The number of hydrogen-bond acceptors (Lipinski definition) is 1. The lowest BCUT2D eigenvalue weighted by molar-refractivity contribution is -0.719. The number of nitrogens with two attached hydrogens (primary N) is 1. The molecule has 2 aliphatic rings. The molecule has 1 aromatic carbocycles. The Bertz CT molecular complexity index is 432. The molecule has 0 bridgehead atoms. The highest BCUT2D eigenvalue weighted by Crippen LogP contribution is 2.43. The van der Waals surface area contributed by atoms with Gasteiger partial charge in [-0.05, 0) is 25.0 Å². The van der Waals surface area contributed by atoms with Crippen LogP contribution in [-0.4, -0.2) is 17.3 Å². The summed E-state index contributed by atoms with van der Waals surface area (Å²) < 4.78 is 0. The van der Waals surface area contributed by atoms with Crippen LogP contribution in [0.4, 0.5) is 0 Å². The number of fused-ring (bicyclic) bond motifs is 1. The minimum absolute atomic E-state index is 0.378. The largest absolute Gasteiger partial charge is 0.389 e. The van der Waals surface area contributed by atoms with Crippen LogP contribution in [0.1, 0.15) is 43.7 Å². The van der Waals surface area contributed by atoms with Gasteiger partial charge in [-0.3, -0.25) is 0 Å². The lowest BCUT2D eigenvalue weighted by Gasteiger charge is -2.46. The third kappa shape index (κ3) is 2.18. The normalized spacial score (nSPS) is 36.1. The molecule has 2 fully saturated rings. The number of quaternary nitrogens is 1. The van der Waals surface area contributed by atoms with E-state index in [9.17, 15) is 5.11 Å². The van der Waals surface area contributed by atoms with E-state index >= 15 is 0 Å². The summed E-state index contributed by atoms with van der Waals surface area (Å²) in [5.41, 5.74) is 0.840. The van der Waals surface area contributed by atoms with Crippen LogP contribution in [0.2, 0.25) is 5.02 Å². The highest BCUT2D eigenvalue weighted by molar-refractivity contribution is 6.30. The maximum Gasteiger partial charge on any atom is 0.117 e. The molecule has 3 atom stereocenters. The first-order valence-corrected chi connectivity index (χ1v) is 7.38. The first kappa shape index (κ1) is 12.5. The molecule has 1 saturated carbocycles. The van der Waals surface area contributed by atoms with Crippen LogP contribution in [0.15, 0.2) is 24.3 Å². The number of aliphatic hydroxyl groups is 1. The summed E-state index contributed by atoms with van der Waals surface area (Å²) >= 11 is 6.10. The van der Waals surface area contributed by atoms with E-state index in [-0.39, 0.29) is 0 Å². The summed E-state index contributed by atoms with van der Waals surface area (Å²) in [6.07, 6.45) is 5.48. The van der Waals surface area contributed by atoms with Gasteiger partial charge in [0.05, 0.1) is 12.1 Å². The van der Waals surface area contributed by atoms with Crippen molar-refractivity contribution in [3.05, 3.63) is 34.9 Å². The Balaban J connectivity index is 1.91. The van der Waals surface area contributed by atoms with E-state index in [2.05, 4.69) is 17.4 Å². The van der Waals surface area contributed by atoms with Crippen molar-refractivity contribution >= 4 is 11.6 Å². The molecule has 2 nitrogen and oxygen atoms in total. The Kier molecular flexibility index (Phi) is 3.35. The highest BCUT2D eigenvalue weighted by Gasteiger charge is 2.48. The number of hydrogen-bond donors (Lipinski definition) is 2. The number of halogens is 1. The number of benzene rings is 1. The maximum absolute atomic E-state index is 10.8. The van der Waals surface area contributed by atoms with Crippen molar-refractivity contribution in [3.8, 4) is 0 Å². The van der Waals surface area contributed by atoms with E-state index in [0.29, 0.717) is 12.0 Å². The molecule has 3 unspecified atom stereocenters. The van der Waals surface area contributed by atoms with Crippen LogP contribution in [0.25, 0.3) is 0 Å². The summed E-state index contributed by atoms with van der Waals surface area (Å²) in [6, 6.07) is 8.52. The van der Waals surface area contributed by atoms with E-state index in [1.54, 1.807) is 0 Å². The maximum atomic E-state index is 10.8. The first-order valence-electron chi connectivity index (χ1n) is 7.00. The Hall–Kier alpha value is -0.570. The standard InChI is InChI=1S/C15H20ClNO/c16-12-5-3-4-11(10-12)14-13-6-1-2-7-15(13,18)8-9-17-14/h3-5,10,13-14,17-18H,1-2,6-9H2/p+1. The van der Waals surface area contributed by atoms with Crippen LogP contribution in [0.5, 0.6) is 0 Å². The van der Waals surface area contributed by atoms with E-state index in [0.717, 1.165) is 30.8 Å². The lowest BCUT2D eigenvalue weighted by atomic mass is 9.67. The smallest absolute Gasteiger partial charge is 0.117 e. The fourth-order valence-corrected chi connectivity index (χ4v) is 4.03. The van der Waals surface area contributed by atoms with Crippen LogP contribution in [0, 0.1) is 5.92 Å². The molecule has 3 rings (SSSR count). The van der Waals surface area contributed by atoms with E-state index in [1.807, 2.05) is 12.1 Å². The van der Waals surface area contributed by atoms with Crippen molar-refractivity contribution in [1.29, 1.82) is 0 Å². The molecule has 18 heavy (non-hydrogen) atoms. The lowest BCUT2D eigenvalue weighted by Crippen LogP contribution is -2.91. The van der Waals surface area contributed by atoms with Crippen molar-refractivity contribution in [2.24, 2.45) is 5.92 Å². The number of rotatable bonds is 1. The SMILES string of the molecule is OC12CCCCC1C(c1cccc(Cl)c1)[NH2+]CC2. The average molecular weight is 267 g/mol. The molecule has 3 N–H and O–H groups in total. The van der Waals surface area contributed by atoms with Crippen molar-refractivity contribution in [3.63, 3.8) is 0 Å². The molecule has 1 aliphatic heterocycles. The third-order valence-electron chi connectivity index (χ3n) is 4.73. The fourth-order valence-electron chi connectivity index (χ4n) is 3.83. The van der Waals surface area contributed by atoms with Gasteiger partial charge in [0.2, 0.25) is 0 Å². The monoisotopic (exact) mass is 266 g/mol. The topological polar surface area (TPSA) is 36.8 Å². The molecule has 1 saturated heterocycles. The van der Waals surface area contributed by atoms with Crippen molar-refractivity contribution < 1.29 is 10.4 Å². The van der Waals surface area contributed by atoms with Crippen LogP contribution in [-0.2, 0) is 0 Å². The van der Waals surface area contributed by atoms with Gasteiger partial charge >= 0.3 is 0 Å². The molecule has 0 aromatic heterocycles. The van der Waals surface area contributed by atoms with Gasteiger partial charge in [-0.15, -0.1) is 0 Å². The van der Waals surface area contributed by atoms with Gasteiger partial charge in [0.15, 0.2) is 0 Å². The first-order chi connectivity index (χ1) is 8.69. The van der Waals surface area contributed by atoms with Crippen molar-refractivity contribution in [2.75, 3.05) is 6.54 Å². The molecule has 98 valence electrons. The van der Waals surface area contributed by atoms with Gasteiger partial charge in [0.1, 0.15) is 6.04 Å². The van der Waals surface area contributed by atoms with Gasteiger partial charge < -0.3 is 10.4 Å². The Morgan fingerprint density at radius 2 is 2.17 bits per heavy atom. The Labute approximate surface area is 113 Å². The summed E-state index contributed by atoms with van der Waals surface area (Å²) in [5.74, 6) is 0.387. The fraction of sp³-hybridized carbons (Fsp3) is 0.600. The molecule has 0 amide bonds. The quantitative estimate of drug-likeness (QED) is 0.804. The van der Waals surface area contributed by atoms with E-state index < -0.39 is 5.60 Å². The molecule has 1 aliphatic carbocycles. The van der Waals surface area contributed by atoms with Gasteiger partial charge in [0.25, 0.3) is 0 Å². The van der Waals surface area contributed by atoms with Gasteiger partial charge in [0, 0.05) is 22.9 Å². The Morgan fingerprint density at radius 3 is 3.00 bits per heavy atom. The molecule has 3 heteroatoms. The summed E-state index contributed by atoms with van der Waals surface area (Å²) in [5, 5.41) is 14.0. The van der Waals surface area contributed by atoms with Crippen molar-refractivity contribution in [2.45, 2.75) is 43.7 Å². The second-order valence-electron chi connectivity index (χ2n) is 5.81.